The van der Waals surface area contributed by atoms with Gasteiger partial charge in [-0.05, 0) is 55.9 Å². The molecule has 0 fully saturated rings. The zero-order valence-electron chi connectivity index (χ0n) is 16.4. The third-order valence-corrected chi connectivity index (χ3v) is 4.79. The summed E-state index contributed by atoms with van der Waals surface area (Å²) in [5, 5.41) is 0. The Morgan fingerprint density at radius 2 is 1.67 bits per heavy atom. The molecule has 0 saturated heterocycles. The first-order valence-corrected chi connectivity index (χ1v) is 9.20. The number of halogens is 3. The van der Waals surface area contributed by atoms with Crippen LogP contribution < -0.4 is 0 Å². The fourth-order valence-electron chi connectivity index (χ4n) is 3.30. The van der Waals surface area contributed by atoms with E-state index in [0.717, 1.165) is 29.0 Å². The predicted molar refractivity (Wildman–Crippen MR) is 101 cm³/mol. The number of urea groups is 1. The van der Waals surface area contributed by atoms with E-state index < -0.39 is 11.7 Å². The van der Waals surface area contributed by atoms with Crippen LogP contribution in [0.5, 0.6) is 0 Å². The summed E-state index contributed by atoms with van der Waals surface area (Å²) in [5.74, 6) is 0.324. The van der Waals surface area contributed by atoms with Crippen LogP contribution in [0.2, 0.25) is 0 Å². The van der Waals surface area contributed by atoms with Crippen molar-refractivity contribution in [2.45, 2.75) is 46.7 Å². The largest absolute Gasteiger partial charge is 0.416 e. The minimum atomic E-state index is -4.32. The molecule has 1 aromatic rings. The Kier molecular flexibility index (Phi) is 6.39. The summed E-state index contributed by atoms with van der Waals surface area (Å²) in [6, 6.07) is 5.18. The van der Waals surface area contributed by atoms with Crippen LogP contribution in [0.3, 0.4) is 0 Å². The minimum Gasteiger partial charge on any atom is -0.297 e. The molecule has 27 heavy (non-hydrogen) atoms. The zero-order chi connectivity index (χ0) is 20.4. The number of hydrogen-bond donors (Lipinski definition) is 0. The van der Waals surface area contributed by atoms with Crippen LogP contribution in [0.15, 0.2) is 47.8 Å². The van der Waals surface area contributed by atoms with Gasteiger partial charge in [0.25, 0.3) is 0 Å². The molecule has 0 saturated carbocycles. The van der Waals surface area contributed by atoms with E-state index in [4.69, 9.17) is 0 Å². The van der Waals surface area contributed by atoms with Crippen LogP contribution in [-0.2, 0) is 12.6 Å². The highest BCUT2D eigenvalue weighted by Gasteiger charge is 2.32. The van der Waals surface area contributed by atoms with Gasteiger partial charge in [0.15, 0.2) is 0 Å². The van der Waals surface area contributed by atoms with Crippen LogP contribution in [0.1, 0.15) is 45.2 Å². The molecule has 2 amide bonds. The molecule has 0 aromatic heterocycles. The minimum absolute atomic E-state index is 0.0630. The topological polar surface area (TPSA) is 23.6 Å². The standard InChI is InChI=1S/C21H27F3N2O/c1-6-25-15(4)19(16(5)26(20(25)27)13-14(2)3)12-9-17-7-10-18(11-8-17)21(22,23)24/h7-8,10-11,14H,4,6,9,12-13H2,1-3,5H3. The molecule has 1 aliphatic rings. The molecular formula is C21H27F3N2O. The summed E-state index contributed by atoms with van der Waals surface area (Å²) in [6.07, 6.45) is -3.12. The van der Waals surface area contributed by atoms with Crippen molar-refractivity contribution in [2.75, 3.05) is 13.1 Å². The number of amides is 2. The van der Waals surface area contributed by atoms with E-state index in [1.165, 1.54) is 12.1 Å². The Morgan fingerprint density at radius 1 is 1.07 bits per heavy atom. The Hall–Kier alpha value is -2.24. The van der Waals surface area contributed by atoms with Crippen molar-refractivity contribution < 1.29 is 18.0 Å². The molecule has 1 aromatic carbocycles. The second kappa shape index (κ2) is 8.19. The van der Waals surface area contributed by atoms with Crippen LogP contribution in [-0.4, -0.2) is 28.9 Å². The van der Waals surface area contributed by atoms with Crippen molar-refractivity contribution in [1.82, 2.24) is 9.80 Å². The molecule has 0 bridgehead atoms. The van der Waals surface area contributed by atoms with Crippen molar-refractivity contribution in [1.29, 1.82) is 0 Å². The van der Waals surface area contributed by atoms with Gasteiger partial charge < -0.3 is 0 Å². The van der Waals surface area contributed by atoms with Gasteiger partial charge in [-0.1, -0.05) is 32.6 Å². The normalized spacial score (nSPS) is 16.0. The van der Waals surface area contributed by atoms with Crippen molar-refractivity contribution in [2.24, 2.45) is 5.92 Å². The van der Waals surface area contributed by atoms with E-state index in [1.807, 2.05) is 13.8 Å². The number of rotatable bonds is 6. The highest BCUT2D eigenvalue weighted by Crippen LogP contribution is 2.32. The third-order valence-electron chi connectivity index (χ3n) is 4.79. The van der Waals surface area contributed by atoms with Crippen molar-refractivity contribution in [3.63, 3.8) is 0 Å². The fourth-order valence-corrected chi connectivity index (χ4v) is 3.30. The smallest absolute Gasteiger partial charge is 0.297 e. The maximum absolute atomic E-state index is 12.7. The van der Waals surface area contributed by atoms with Crippen LogP contribution in [0.4, 0.5) is 18.0 Å². The number of allylic oxidation sites excluding steroid dienone is 2. The van der Waals surface area contributed by atoms with E-state index in [9.17, 15) is 18.0 Å². The SMILES string of the molecule is C=C1C(CCc2ccc(C(F)(F)F)cc2)=C(C)N(CC(C)C)C(=O)N1CC. The maximum Gasteiger partial charge on any atom is 0.416 e. The van der Waals surface area contributed by atoms with Crippen molar-refractivity contribution in [3.8, 4) is 0 Å². The summed E-state index contributed by atoms with van der Waals surface area (Å²) in [5.41, 5.74) is 2.74. The summed E-state index contributed by atoms with van der Waals surface area (Å²) >= 11 is 0. The van der Waals surface area contributed by atoms with Crippen LogP contribution in [0, 0.1) is 5.92 Å². The van der Waals surface area contributed by atoms with E-state index in [-0.39, 0.29) is 6.03 Å². The molecule has 0 unspecified atom stereocenters. The molecular weight excluding hydrogens is 353 g/mol. The molecule has 0 spiro atoms. The molecule has 3 nitrogen and oxygen atoms in total. The molecule has 0 N–H and O–H groups in total. The average molecular weight is 380 g/mol. The van der Waals surface area contributed by atoms with E-state index in [2.05, 4.69) is 20.4 Å². The zero-order valence-corrected chi connectivity index (χ0v) is 16.4. The number of aryl methyl sites for hydroxylation is 1. The van der Waals surface area contributed by atoms with Gasteiger partial charge in [0.1, 0.15) is 0 Å². The predicted octanol–water partition coefficient (Wildman–Crippen LogP) is 5.84. The highest BCUT2D eigenvalue weighted by molar-refractivity contribution is 5.81. The van der Waals surface area contributed by atoms with Gasteiger partial charge in [0.05, 0.1) is 5.56 Å². The van der Waals surface area contributed by atoms with Gasteiger partial charge in [0, 0.05) is 24.5 Å². The number of likely N-dealkylation sites (N-methyl/N-ethyl adjacent to an activating group) is 1. The number of alkyl halides is 3. The molecule has 1 heterocycles. The van der Waals surface area contributed by atoms with Crippen molar-refractivity contribution >= 4 is 6.03 Å². The van der Waals surface area contributed by atoms with Gasteiger partial charge in [0.2, 0.25) is 0 Å². The molecule has 0 atom stereocenters. The first-order chi connectivity index (χ1) is 12.6. The molecule has 148 valence electrons. The van der Waals surface area contributed by atoms with Gasteiger partial charge >= 0.3 is 12.2 Å². The van der Waals surface area contributed by atoms with E-state index in [0.29, 0.717) is 37.5 Å². The summed E-state index contributed by atoms with van der Waals surface area (Å²) in [7, 11) is 0. The van der Waals surface area contributed by atoms with E-state index in [1.54, 1.807) is 9.80 Å². The summed E-state index contributed by atoms with van der Waals surface area (Å²) in [6.45, 7) is 13.2. The fraction of sp³-hybridized carbons (Fsp3) is 0.476. The lowest BCUT2D eigenvalue weighted by molar-refractivity contribution is -0.137. The van der Waals surface area contributed by atoms with Crippen molar-refractivity contribution in [3.05, 3.63) is 58.9 Å². The molecule has 6 heteroatoms. The molecule has 1 aliphatic heterocycles. The molecule has 0 radical (unpaired) electrons. The monoisotopic (exact) mass is 380 g/mol. The van der Waals surface area contributed by atoms with Gasteiger partial charge in [-0.2, -0.15) is 13.2 Å². The highest BCUT2D eigenvalue weighted by atomic mass is 19.4. The summed E-state index contributed by atoms with van der Waals surface area (Å²) < 4.78 is 38.1. The van der Waals surface area contributed by atoms with Crippen LogP contribution >= 0.6 is 0 Å². The third kappa shape index (κ3) is 4.73. The lowest BCUT2D eigenvalue weighted by Gasteiger charge is -2.39. The Balaban J connectivity index is 2.22. The van der Waals surface area contributed by atoms with E-state index >= 15 is 0 Å². The lowest BCUT2D eigenvalue weighted by Crippen LogP contribution is -2.47. The summed E-state index contributed by atoms with van der Waals surface area (Å²) in [4.78, 5) is 16.2. The molecule has 2 rings (SSSR count). The quantitative estimate of drug-likeness (QED) is 0.608. The lowest BCUT2D eigenvalue weighted by atomic mass is 9.97. The molecule has 0 aliphatic carbocycles. The van der Waals surface area contributed by atoms with Gasteiger partial charge in [-0.25, -0.2) is 4.79 Å². The second-order valence-electron chi connectivity index (χ2n) is 7.24. The van der Waals surface area contributed by atoms with Gasteiger partial charge in [-0.15, -0.1) is 0 Å². The number of nitrogens with zero attached hydrogens (tertiary/aromatic N) is 2. The van der Waals surface area contributed by atoms with Gasteiger partial charge in [-0.3, -0.25) is 9.80 Å². The second-order valence-corrected chi connectivity index (χ2v) is 7.24. The number of carbonyl (C=O) groups excluding carboxylic acids is 1. The Bertz CT molecular complexity index is 733. The maximum atomic E-state index is 12.7. The number of benzene rings is 1. The first kappa shape index (κ1) is 21.1. The Morgan fingerprint density at radius 3 is 2.15 bits per heavy atom. The number of hydrogen-bond acceptors (Lipinski definition) is 1. The number of carbonyl (C=O) groups is 1. The first-order valence-electron chi connectivity index (χ1n) is 9.20. The Labute approximate surface area is 159 Å². The average Bonchev–Trinajstić information content (AvgIpc) is 2.58. The van der Waals surface area contributed by atoms with Crippen LogP contribution in [0.25, 0.3) is 0 Å².